The van der Waals surface area contributed by atoms with Gasteiger partial charge in [0.05, 0.1) is 0 Å². The Balaban J connectivity index is 4.25. The van der Waals surface area contributed by atoms with E-state index in [2.05, 4.69) is 0 Å². The Morgan fingerprint density at radius 2 is 2.00 bits per heavy atom. The fourth-order valence-electron chi connectivity index (χ4n) is 1.44. The highest BCUT2D eigenvalue weighted by atomic mass is 16.4. The fourth-order valence-corrected chi connectivity index (χ4v) is 1.44. The minimum atomic E-state index is -1.51. The third-order valence-electron chi connectivity index (χ3n) is 2.09. The molecule has 2 N–H and O–H groups in total. The van der Waals surface area contributed by atoms with Gasteiger partial charge in [-0.2, -0.15) is 0 Å². The maximum Gasteiger partial charge on any atom is 0.335 e. The van der Waals surface area contributed by atoms with Crippen LogP contribution >= 0.6 is 0 Å². The van der Waals surface area contributed by atoms with Gasteiger partial charge in [0.25, 0.3) is 0 Å². The summed E-state index contributed by atoms with van der Waals surface area (Å²) in [7, 11) is 0. The zero-order valence-electron chi connectivity index (χ0n) is 8.71. The second-order valence-corrected chi connectivity index (χ2v) is 4.04. The second-order valence-electron chi connectivity index (χ2n) is 4.04. The summed E-state index contributed by atoms with van der Waals surface area (Å²) >= 11 is 0. The lowest BCUT2D eigenvalue weighted by atomic mass is 9.88. The van der Waals surface area contributed by atoms with Crippen LogP contribution in [-0.4, -0.2) is 21.8 Å². The second kappa shape index (κ2) is 5.22. The topological polar surface area (TPSA) is 57.5 Å². The molecule has 0 amide bonds. The molecular formula is C10H20O3. The summed E-state index contributed by atoms with van der Waals surface area (Å²) in [5.74, 6) is -0.882. The molecule has 0 aromatic heterocycles. The molecule has 0 heterocycles. The van der Waals surface area contributed by atoms with Crippen LogP contribution in [0.3, 0.4) is 0 Å². The number of aliphatic hydroxyl groups is 1. The van der Waals surface area contributed by atoms with Crippen molar-refractivity contribution in [2.24, 2.45) is 5.92 Å². The predicted molar refractivity (Wildman–Crippen MR) is 51.6 cm³/mol. The number of aliphatic carboxylic acids is 1. The SMILES string of the molecule is CCCCC(O)(CC(C)C)C(=O)O. The van der Waals surface area contributed by atoms with Crippen molar-refractivity contribution in [3.05, 3.63) is 0 Å². The molecular weight excluding hydrogens is 168 g/mol. The molecule has 0 bridgehead atoms. The van der Waals surface area contributed by atoms with Gasteiger partial charge in [-0.3, -0.25) is 0 Å². The Bertz CT molecular complexity index is 166. The lowest BCUT2D eigenvalue weighted by molar-refractivity contribution is -0.161. The summed E-state index contributed by atoms with van der Waals surface area (Å²) in [6.07, 6.45) is 2.36. The van der Waals surface area contributed by atoms with Crippen LogP contribution in [0.4, 0.5) is 0 Å². The molecule has 0 aromatic carbocycles. The van der Waals surface area contributed by atoms with Gasteiger partial charge in [0.1, 0.15) is 0 Å². The molecule has 0 fully saturated rings. The van der Waals surface area contributed by atoms with Crippen molar-refractivity contribution in [3.8, 4) is 0 Å². The van der Waals surface area contributed by atoms with Gasteiger partial charge in [0, 0.05) is 0 Å². The van der Waals surface area contributed by atoms with Gasteiger partial charge in [-0.25, -0.2) is 4.79 Å². The highest BCUT2D eigenvalue weighted by Crippen LogP contribution is 2.23. The van der Waals surface area contributed by atoms with E-state index >= 15 is 0 Å². The van der Waals surface area contributed by atoms with Gasteiger partial charge in [-0.15, -0.1) is 0 Å². The minimum absolute atomic E-state index is 0.206. The van der Waals surface area contributed by atoms with Crippen molar-refractivity contribution in [1.82, 2.24) is 0 Å². The highest BCUT2D eigenvalue weighted by molar-refractivity contribution is 5.76. The first-order valence-electron chi connectivity index (χ1n) is 4.88. The Morgan fingerprint density at radius 1 is 1.46 bits per heavy atom. The highest BCUT2D eigenvalue weighted by Gasteiger charge is 2.35. The molecule has 0 spiro atoms. The average molecular weight is 188 g/mol. The molecule has 0 rings (SSSR count). The van der Waals surface area contributed by atoms with Crippen molar-refractivity contribution in [2.45, 2.75) is 52.1 Å². The number of hydrogen-bond acceptors (Lipinski definition) is 2. The van der Waals surface area contributed by atoms with Gasteiger partial charge in [-0.1, -0.05) is 33.6 Å². The zero-order valence-corrected chi connectivity index (χ0v) is 8.71. The number of unbranched alkanes of at least 4 members (excludes halogenated alkanes) is 1. The summed E-state index contributed by atoms with van der Waals surface area (Å²) < 4.78 is 0. The lowest BCUT2D eigenvalue weighted by Gasteiger charge is -2.24. The zero-order chi connectivity index (χ0) is 10.5. The number of hydrogen-bond donors (Lipinski definition) is 2. The molecule has 3 heteroatoms. The van der Waals surface area contributed by atoms with Crippen LogP contribution in [0.25, 0.3) is 0 Å². The third kappa shape index (κ3) is 4.27. The van der Waals surface area contributed by atoms with Crippen molar-refractivity contribution in [1.29, 1.82) is 0 Å². The van der Waals surface area contributed by atoms with E-state index in [4.69, 9.17) is 5.11 Å². The molecule has 0 saturated carbocycles. The normalized spacial score (nSPS) is 15.8. The van der Waals surface area contributed by atoms with E-state index in [-0.39, 0.29) is 5.92 Å². The first kappa shape index (κ1) is 12.4. The van der Waals surface area contributed by atoms with Crippen LogP contribution in [0.5, 0.6) is 0 Å². The molecule has 0 saturated heterocycles. The number of carboxylic acids is 1. The van der Waals surface area contributed by atoms with Crippen molar-refractivity contribution >= 4 is 5.97 Å². The van der Waals surface area contributed by atoms with Gasteiger partial charge < -0.3 is 10.2 Å². The molecule has 13 heavy (non-hydrogen) atoms. The predicted octanol–water partition coefficient (Wildman–Crippen LogP) is 2.04. The number of carbonyl (C=O) groups is 1. The first-order valence-corrected chi connectivity index (χ1v) is 4.88. The van der Waals surface area contributed by atoms with Crippen LogP contribution in [0.2, 0.25) is 0 Å². The summed E-state index contributed by atoms with van der Waals surface area (Å²) in [4.78, 5) is 10.8. The van der Waals surface area contributed by atoms with Crippen molar-refractivity contribution in [2.75, 3.05) is 0 Å². The number of carboxylic acid groups (broad SMARTS) is 1. The Kier molecular flexibility index (Phi) is 4.99. The standard InChI is InChI=1S/C10H20O3/c1-4-5-6-10(13,9(11)12)7-8(2)3/h8,13H,4-7H2,1-3H3,(H,11,12). The largest absolute Gasteiger partial charge is 0.479 e. The molecule has 0 aromatic rings. The fraction of sp³-hybridized carbons (Fsp3) is 0.900. The first-order chi connectivity index (χ1) is 5.92. The molecule has 0 aliphatic carbocycles. The van der Waals surface area contributed by atoms with E-state index in [0.717, 1.165) is 12.8 Å². The Hall–Kier alpha value is -0.570. The summed E-state index contributed by atoms with van der Waals surface area (Å²) in [6, 6.07) is 0. The number of rotatable bonds is 6. The smallest absolute Gasteiger partial charge is 0.335 e. The van der Waals surface area contributed by atoms with Crippen LogP contribution in [0, 0.1) is 5.92 Å². The van der Waals surface area contributed by atoms with Gasteiger partial charge in [-0.05, 0) is 18.8 Å². The molecule has 0 aliphatic rings. The summed E-state index contributed by atoms with van der Waals surface area (Å²) in [5, 5.41) is 18.6. The third-order valence-corrected chi connectivity index (χ3v) is 2.09. The monoisotopic (exact) mass is 188 g/mol. The van der Waals surface area contributed by atoms with E-state index in [9.17, 15) is 9.90 Å². The van der Waals surface area contributed by atoms with Crippen molar-refractivity contribution in [3.63, 3.8) is 0 Å². The van der Waals surface area contributed by atoms with E-state index in [1.807, 2.05) is 20.8 Å². The van der Waals surface area contributed by atoms with Gasteiger partial charge in [0.2, 0.25) is 0 Å². The molecule has 1 unspecified atom stereocenters. The van der Waals surface area contributed by atoms with Crippen LogP contribution in [0.15, 0.2) is 0 Å². The molecule has 3 nitrogen and oxygen atoms in total. The van der Waals surface area contributed by atoms with E-state index in [1.165, 1.54) is 0 Å². The maximum atomic E-state index is 10.8. The molecule has 0 aliphatic heterocycles. The van der Waals surface area contributed by atoms with E-state index in [1.54, 1.807) is 0 Å². The Morgan fingerprint density at radius 3 is 2.31 bits per heavy atom. The molecule has 1 atom stereocenters. The average Bonchev–Trinajstić information content (AvgIpc) is 1.99. The van der Waals surface area contributed by atoms with Crippen molar-refractivity contribution < 1.29 is 15.0 Å². The lowest BCUT2D eigenvalue weighted by Crippen LogP contribution is -2.39. The van der Waals surface area contributed by atoms with Crippen LogP contribution < -0.4 is 0 Å². The maximum absolute atomic E-state index is 10.8. The quantitative estimate of drug-likeness (QED) is 0.670. The minimum Gasteiger partial charge on any atom is -0.479 e. The van der Waals surface area contributed by atoms with Crippen LogP contribution in [0.1, 0.15) is 46.5 Å². The van der Waals surface area contributed by atoms with Crippen LogP contribution in [-0.2, 0) is 4.79 Å². The van der Waals surface area contributed by atoms with Gasteiger partial charge >= 0.3 is 5.97 Å². The van der Waals surface area contributed by atoms with Gasteiger partial charge in [0.15, 0.2) is 5.60 Å². The van der Waals surface area contributed by atoms with E-state index in [0.29, 0.717) is 12.8 Å². The summed E-state index contributed by atoms with van der Waals surface area (Å²) in [6.45, 7) is 5.82. The summed E-state index contributed by atoms with van der Waals surface area (Å²) in [5.41, 5.74) is -1.51. The molecule has 0 radical (unpaired) electrons. The Labute approximate surface area is 79.8 Å². The molecule has 78 valence electrons. The van der Waals surface area contributed by atoms with E-state index < -0.39 is 11.6 Å².